The van der Waals surface area contributed by atoms with Gasteiger partial charge in [-0.15, -0.1) is 0 Å². The molecule has 0 radical (unpaired) electrons. The molecule has 0 spiro atoms. The quantitative estimate of drug-likeness (QED) is 0.753. The third-order valence-corrected chi connectivity index (χ3v) is 2.81. The molecule has 0 bridgehead atoms. The summed E-state index contributed by atoms with van der Waals surface area (Å²) in [6.45, 7) is 0. The minimum absolute atomic E-state index is 0.00574. The number of hydrogen-bond donors (Lipinski definition) is 1. The Bertz CT molecular complexity index is 624. The molecule has 2 N–H and O–H groups in total. The van der Waals surface area contributed by atoms with Crippen LogP contribution in [0.25, 0.3) is 0 Å². The first kappa shape index (κ1) is 14.8. The van der Waals surface area contributed by atoms with Crippen LogP contribution in [0.15, 0.2) is 36.4 Å². The van der Waals surface area contributed by atoms with E-state index in [1.165, 1.54) is 24.3 Å². The van der Waals surface area contributed by atoms with Crippen LogP contribution < -0.4 is 10.5 Å². The van der Waals surface area contributed by atoms with E-state index in [0.29, 0.717) is 0 Å². The molecular formula is C13H8Cl2F3NO. The Morgan fingerprint density at radius 3 is 2.10 bits per heavy atom. The van der Waals surface area contributed by atoms with Gasteiger partial charge in [0.05, 0.1) is 0 Å². The van der Waals surface area contributed by atoms with Crippen LogP contribution in [0.3, 0.4) is 0 Å². The Morgan fingerprint density at radius 1 is 0.950 bits per heavy atom. The topological polar surface area (TPSA) is 35.2 Å². The number of ether oxygens (including phenoxy) is 1. The highest BCUT2D eigenvalue weighted by molar-refractivity contribution is 6.34. The summed E-state index contributed by atoms with van der Waals surface area (Å²) >= 11 is 11.5. The number of hydrogen-bond acceptors (Lipinski definition) is 2. The molecule has 2 aromatic carbocycles. The molecule has 0 aliphatic rings. The number of alkyl halides is 3. The van der Waals surface area contributed by atoms with Crippen molar-refractivity contribution in [3.8, 4) is 11.5 Å². The molecule has 0 aliphatic carbocycles. The Hall–Kier alpha value is -1.59. The third kappa shape index (κ3) is 3.49. The fourth-order valence-corrected chi connectivity index (χ4v) is 2.08. The molecule has 0 atom stereocenters. The Morgan fingerprint density at radius 2 is 1.55 bits per heavy atom. The fraction of sp³-hybridized carbons (Fsp3) is 0.0769. The van der Waals surface area contributed by atoms with E-state index >= 15 is 0 Å². The number of anilines is 1. The van der Waals surface area contributed by atoms with Crippen molar-refractivity contribution in [2.45, 2.75) is 6.18 Å². The largest absolute Gasteiger partial charge is 0.457 e. The molecule has 0 fully saturated rings. The highest BCUT2D eigenvalue weighted by atomic mass is 35.5. The van der Waals surface area contributed by atoms with E-state index in [4.69, 9.17) is 33.7 Å². The van der Waals surface area contributed by atoms with E-state index in [-0.39, 0.29) is 27.2 Å². The summed E-state index contributed by atoms with van der Waals surface area (Å²) in [7, 11) is 0. The number of rotatable bonds is 2. The average Bonchev–Trinajstić information content (AvgIpc) is 2.28. The molecule has 2 rings (SSSR count). The SMILES string of the molecule is Nc1ccc(Oc2cc(Cl)cc(Cl)c2)c(C(F)(F)F)c1. The molecular weight excluding hydrogens is 314 g/mol. The van der Waals surface area contributed by atoms with E-state index in [1.807, 2.05) is 0 Å². The molecule has 0 amide bonds. The van der Waals surface area contributed by atoms with Gasteiger partial charge >= 0.3 is 6.18 Å². The van der Waals surface area contributed by atoms with Crippen molar-refractivity contribution < 1.29 is 17.9 Å². The van der Waals surface area contributed by atoms with Crippen LogP contribution in [0, 0.1) is 0 Å². The van der Waals surface area contributed by atoms with Gasteiger partial charge in [-0.2, -0.15) is 13.2 Å². The zero-order chi connectivity index (χ0) is 14.9. The maximum absolute atomic E-state index is 12.9. The average molecular weight is 322 g/mol. The summed E-state index contributed by atoms with van der Waals surface area (Å²) in [5.41, 5.74) is 4.40. The first-order chi connectivity index (χ1) is 9.25. The summed E-state index contributed by atoms with van der Waals surface area (Å²) in [5.74, 6) is -0.261. The van der Waals surface area contributed by atoms with E-state index in [0.717, 1.165) is 12.1 Å². The highest BCUT2D eigenvalue weighted by Gasteiger charge is 2.34. The lowest BCUT2D eigenvalue weighted by Crippen LogP contribution is -2.08. The van der Waals surface area contributed by atoms with Crippen molar-refractivity contribution in [1.82, 2.24) is 0 Å². The van der Waals surface area contributed by atoms with Crippen LogP contribution in [0.1, 0.15) is 5.56 Å². The van der Waals surface area contributed by atoms with Crippen molar-refractivity contribution in [3.63, 3.8) is 0 Å². The Balaban J connectivity index is 2.43. The van der Waals surface area contributed by atoms with Gasteiger partial charge in [0.1, 0.15) is 17.1 Å². The van der Waals surface area contributed by atoms with Crippen LogP contribution >= 0.6 is 23.2 Å². The zero-order valence-electron chi connectivity index (χ0n) is 9.84. The van der Waals surface area contributed by atoms with Crippen LogP contribution in [0.5, 0.6) is 11.5 Å². The highest BCUT2D eigenvalue weighted by Crippen LogP contribution is 2.39. The summed E-state index contributed by atoms with van der Waals surface area (Å²) < 4.78 is 43.9. The van der Waals surface area contributed by atoms with Gasteiger partial charge in [-0.25, -0.2) is 0 Å². The fourth-order valence-electron chi connectivity index (χ4n) is 1.57. The van der Waals surface area contributed by atoms with Gasteiger partial charge < -0.3 is 10.5 Å². The van der Waals surface area contributed by atoms with E-state index < -0.39 is 11.7 Å². The number of halogens is 5. The maximum Gasteiger partial charge on any atom is 0.420 e. The third-order valence-electron chi connectivity index (χ3n) is 2.37. The first-order valence-electron chi connectivity index (χ1n) is 5.36. The van der Waals surface area contributed by atoms with Gasteiger partial charge in [0.15, 0.2) is 0 Å². The first-order valence-corrected chi connectivity index (χ1v) is 6.12. The molecule has 20 heavy (non-hydrogen) atoms. The Labute approximate surface area is 122 Å². The van der Waals surface area contributed by atoms with Crippen molar-refractivity contribution >= 4 is 28.9 Å². The lowest BCUT2D eigenvalue weighted by Gasteiger charge is -2.14. The number of nitrogens with two attached hydrogens (primary N) is 1. The molecule has 0 saturated carbocycles. The number of benzene rings is 2. The van der Waals surface area contributed by atoms with Crippen LogP contribution in [0.2, 0.25) is 10.0 Å². The predicted octanol–water partition coefficient (Wildman–Crippen LogP) is 5.39. The van der Waals surface area contributed by atoms with Gasteiger partial charge in [0.2, 0.25) is 0 Å². The maximum atomic E-state index is 12.9. The zero-order valence-corrected chi connectivity index (χ0v) is 11.4. The Kier molecular flexibility index (Phi) is 4.01. The second kappa shape index (κ2) is 5.42. The van der Waals surface area contributed by atoms with Gasteiger partial charge in [-0.3, -0.25) is 0 Å². The van der Waals surface area contributed by atoms with Crippen LogP contribution in [-0.4, -0.2) is 0 Å². The summed E-state index contributed by atoms with van der Waals surface area (Å²) in [4.78, 5) is 0. The predicted molar refractivity (Wildman–Crippen MR) is 72.4 cm³/mol. The number of nitrogen functional groups attached to an aromatic ring is 1. The minimum Gasteiger partial charge on any atom is -0.457 e. The van der Waals surface area contributed by atoms with Crippen LogP contribution in [0.4, 0.5) is 18.9 Å². The van der Waals surface area contributed by atoms with Crippen molar-refractivity contribution in [2.75, 3.05) is 5.73 Å². The monoisotopic (exact) mass is 321 g/mol. The van der Waals surface area contributed by atoms with Gasteiger partial charge in [-0.05, 0) is 36.4 Å². The molecule has 2 aromatic rings. The molecule has 0 aromatic heterocycles. The smallest absolute Gasteiger partial charge is 0.420 e. The minimum atomic E-state index is -4.58. The molecule has 0 aliphatic heterocycles. The second-order valence-corrected chi connectivity index (χ2v) is 4.83. The molecule has 106 valence electrons. The van der Waals surface area contributed by atoms with E-state index in [1.54, 1.807) is 0 Å². The van der Waals surface area contributed by atoms with Gasteiger partial charge in [0, 0.05) is 15.7 Å². The van der Waals surface area contributed by atoms with Crippen molar-refractivity contribution in [3.05, 3.63) is 52.0 Å². The molecule has 0 unspecified atom stereocenters. The summed E-state index contributed by atoms with van der Waals surface area (Å²) in [5, 5.41) is 0.521. The van der Waals surface area contributed by atoms with Gasteiger partial charge in [0.25, 0.3) is 0 Å². The second-order valence-electron chi connectivity index (χ2n) is 3.96. The lowest BCUT2D eigenvalue weighted by atomic mass is 10.1. The standard InChI is InChI=1S/C13H8Cl2F3NO/c14-7-3-8(15)5-10(4-7)20-12-2-1-9(19)6-11(12)13(16,17)18/h1-6H,19H2. The van der Waals surface area contributed by atoms with Crippen LogP contribution in [-0.2, 0) is 6.18 Å². The molecule has 2 nitrogen and oxygen atoms in total. The summed E-state index contributed by atoms with van der Waals surface area (Å²) in [6, 6.07) is 7.45. The van der Waals surface area contributed by atoms with Gasteiger partial charge in [-0.1, -0.05) is 23.2 Å². The van der Waals surface area contributed by atoms with Crippen molar-refractivity contribution in [2.24, 2.45) is 0 Å². The molecule has 0 saturated heterocycles. The summed E-state index contributed by atoms with van der Waals surface area (Å²) in [6.07, 6.45) is -4.58. The lowest BCUT2D eigenvalue weighted by molar-refractivity contribution is -0.138. The van der Waals surface area contributed by atoms with Crippen molar-refractivity contribution in [1.29, 1.82) is 0 Å². The molecule has 0 heterocycles. The van der Waals surface area contributed by atoms with E-state index in [9.17, 15) is 13.2 Å². The van der Waals surface area contributed by atoms with E-state index in [2.05, 4.69) is 0 Å². The molecule has 7 heteroatoms. The normalized spacial score (nSPS) is 11.4.